The van der Waals surface area contributed by atoms with Gasteiger partial charge in [-0.15, -0.1) is 0 Å². The zero-order valence-corrected chi connectivity index (χ0v) is 26.4. The number of aliphatic carboxylic acids is 1. The number of ether oxygens (including phenoxy) is 2. The average molecular weight is 651 g/mol. The normalized spacial score (nSPS) is 19.9. The standard InChI is InChI=1S/C36H40F2N2O7/c1-22(2)32(35(44)45)39-31(42)19-47-36(20-46-21-36)17-16-23-4-3-5-25(18-23)33-29(14-15-30(41)24-6-8-26(37)9-7-24)34(43)40(33)28-12-10-27(38)11-13-28/h3-13,18,22,29-30,32-33,41H,14-17,19-21H2,1-2H3,(H,39,42)(H,44,45)/t29-,30+,32-,33-/m1/s1. The van der Waals surface area contributed by atoms with Gasteiger partial charge in [0.1, 0.15) is 29.9 Å². The van der Waals surface area contributed by atoms with E-state index < -0.39 is 47.2 Å². The Labute approximate surface area is 272 Å². The lowest BCUT2D eigenvalue weighted by Crippen LogP contribution is -2.55. The second-order valence-corrected chi connectivity index (χ2v) is 12.7. The molecule has 4 atom stereocenters. The third-order valence-electron chi connectivity index (χ3n) is 8.98. The van der Waals surface area contributed by atoms with E-state index in [1.165, 1.54) is 36.4 Å². The number of rotatable bonds is 15. The van der Waals surface area contributed by atoms with Crippen molar-refractivity contribution in [2.45, 2.75) is 63.3 Å². The Kier molecular flexibility index (Phi) is 10.7. The number of benzene rings is 3. The highest BCUT2D eigenvalue weighted by molar-refractivity contribution is 6.03. The molecular weight excluding hydrogens is 610 g/mol. The summed E-state index contributed by atoms with van der Waals surface area (Å²) in [7, 11) is 0. The lowest BCUT2D eigenvalue weighted by atomic mass is 9.77. The molecule has 2 amide bonds. The summed E-state index contributed by atoms with van der Waals surface area (Å²) >= 11 is 0. The number of aliphatic hydroxyl groups is 1. The van der Waals surface area contributed by atoms with E-state index in [2.05, 4.69) is 5.32 Å². The number of carbonyl (C=O) groups excluding carboxylic acids is 2. The fraction of sp³-hybridized carbons (Fsp3) is 0.417. The Balaban J connectivity index is 1.27. The second kappa shape index (κ2) is 14.7. The molecular formula is C36H40F2N2O7. The third-order valence-corrected chi connectivity index (χ3v) is 8.98. The molecule has 0 spiro atoms. The number of amides is 2. The summed E-state index contributed by atoms with van der Waals surface area (Å²) in [5.74, 6) is -3.26. The molecule has 0 radical (unpaired) electrons. The van der Waals surface area contributed by atoms with Crippen LogP contribution in [0.15, 0.2) is 72.8 Å². The van der Waals surface area contributed by atoms with Crippen molar-refractivity contribution in [1.82, 2.24) is 5.32 Å². The van der Waals surface area contributed by atoms with Crippen LogP contribution in [0.4, 0.5) is 14.5 Å². The minimum Gasteiger partial charge on any atom is -0.480 e. The van der Waals surface area contributed by atoms with Gasteiger partial charge in [-0.2, -0.15) is 0 Å². The second-order valence-electron chi connectivity index (χ2n) is 12.7. The Morgan fingerprint density at radius 2 is 1.70 bits per heavy atom. The molecule has 2 heterocycles. The molecule has 2 aliphatic heterocycles. The quantitative estimate of drug-likeness (QED) is 0.195. The summed E-state index contributed by atoms with van der Waals surface area (Å²) in [5, 5.41) is 22.6. The van der Waals surface area contributed by atoms with E-state index in [0.717, 1.165) is 11.1 Å². The zero-order valence-electron chi connectivity index (χ0n) is 26.4. The number of hydrogen-bond donors (Lipinski definition) is 3. The molecule has 47 heavy (non-hydrogen) atoms. The van der Waals surface area contributed by atoms with E-state index in [-0.39, 0.29) is 24.5 Å². The predicted molar refractivity (Wildman–Crippen MR) is 169 cm³/mol. The van der Waals surface area contributed by atoms with Crippen molar-refractivity contribution in [2.24, 2.45) is 11.8 Å². The maximum absolute atomic E-state index is 13.7. The number of carboxylic acid groups (broad SMARTS) is 1. The monoisotopic (exact) mass is 650 g/mol. The lowest BCUT2D eigenvalue weighted by Gasteiger charge is -2.48. The van der Waals surface area contributed by atoms with Crippen LogP contribution in [0.25, 0.3) is 0 Å². The van der Waals surface area contributed by atoms with Gasteiger partial charge in [0.25, 0.3) is 0 Å². The first-order chi connectivity index (χ1) is 22.5. The van der Waals surface area contributed by atoms with Gasteiger partial charge in [0.05, 0.1) is 31.3 Å². The summed E-state index contributed by atoms with van der Waals surface area (Å²) < 4.78 is 38.5. The highest BCUT2D eigenvalue weighted by atomic mass is 19.1. The van der Waals surface area contributed by atoms with E-state index in [0.29, 0.717) is 50.1 Å². The summed E-state index contributed by atoms with van der Waals surface area (Å²) in [6.45, 7) is 3.75. The van der Waals surface area contributed by atoms with Crippen molar-refractivity contribution < 1.29 is 42.9 Å². The number of carboxylic acids is 1. The molecule has 0 bridgehead atoms. The number of aryl methyl sites for hydroxylation is 1. The first-order valence-corrected chi connectivity index (χ1v) is 15.8. The van der Waals surface area contributed by atoms with E-state index in [9.17, 15) is 33.4 Å². The van der Waals surface area contributed by atoms with E-state index >= 15 is 0 Å². The maximum atomic E-state index is 13.7. The molecule has 2 saturated heterocycles. The first kappa shape index (κ1) is 34.2. The van der Waals surface area contributed by atoms with Gasteiger partial charge in [0.2, 0.25) is 11.8 Å². The average Bonchev–Trinajstić information content (AvgIpc) is 3.02. The third kappa shape index (κ3) is 8.04. The lowest BCUT2D eigenvalue weighted by molar-refractivity contribution is -0.212. The Morgan fingerprint density at radius 1 is 1.04 bits per heavy atom. The number of halogens is 2. The van der Waals surface area contributed by atoms with Gasteiger partial charge in [0, 0.05) is 5.69 Å². The molecule has 2 aliphatic rings. The van der Waals surface area contributed by atoms with Crippen molar-refractivity contribution in [3.63, 3.8) is 0 Å². The van der Waals surface area contributed by atoms with Crippen LogP contribution in [0, 0.1) is 23.5 Å². The zero-order chi connectivity index (χ0) is 33.7. The summed E-state index contributed by atoms with van der Waals surface area (Å²) in [4.78, 5) is 39.1. The van der Waals surface area contributed by atoms with Crippen LogP contribution in [-0.2, 0) is 30.3 Å². The van der Waals surface area contributed by atoms with E-state index in [1.807, 2.05) is 24.3 Å². The highest BCUT2D eigenvalue weighted by Crippen LogP contribution is 2.46. The minimum atomic E-state index is -1.10. The molecule has 11 heteroatoms. The van der Waals surface area contributed by atoms with Crippen LogP contribution in [0.5, 0.6) is 0 Å². The van der Waals surface area contributed by atoms with Crippen LogP contribution in [0.1, 0.15) is 61.9 Å². The molecule has 5 rings (SSSR count). The molecule has 2 fully saturated rings. The molecule has 0 unspecified atom stereocenters. The van der Waals surface area contributed by atoms with Gasteiger partial charge in [-0.1, -0.05) is 50.2 Å². The molecule has 9 nitrogen and oxygen atoms in total. The molecule has 250 valence electrons. The topological polar surface area (TPSA) is 125 Å². The van der Waals surface area contributed by atoms with Crippen LogP contribution in [0.2, 0.25) is 0 Å². The molecule has 3 N–H and O–H groups in total. The Hall–Kier alpha value is -4.19. The first-order valence-electron chi connectivity index (χ1n) is 15.8. The predicted octanol–water partition coefficient (Wildman–Crippen LogP) is 5.13. The van der Waals surface area contributed by atoms with E-state index in [4.69, 9.17) is 9.47 Å². The number of hydrogen-bond acceptors (Lipinski definition) is 6. The van der Waals surface area contributed by atoms with Gasteiger partial charge in [-0.3, -0.25) is 9.59 Å². The smallest absolute Gasteiger partial charge is 0.326 e. The number of β-lactam (4-membered cyclic amide) rings is 1. The largest absolute Gasteiger partial charge is 0.480 e. The minimum absolute atomic E-state index is 0.127. The number of aliphatic hydroxyl groups excluding tert-OH is 1. The molecule has 0 saturated carbocycles. The maximum Gasteiger partial charge on any atom is 0.326 e. The van der Waals surface area contributed by atoms with Crippen LogP contribution < -0.4 is 10.2 Å². The fourth-order valence-electron chi connectivity index (χ4n) is 6.17. The van der Waals surface area contributed by atoms with Crippen LogP contribution in [-0.4, -0.2) is 59.5 Å². The van der Waals surface area contributed by atoms with Gasteiger partial charge >= 0.3 is 5.97 Å². The van der Waals surface area contributed by atoms with Crippen molar-refractivity contribution in [1.29, 1.82) is 0 Å². The number of nitrogens with one attached hydrogen (secondary N) is 1. The Bertz CT molecular complexity index is 1560. The molecule has 0 aliphatic carbocycles. The highest BCUT2D eigenvalue weighted by Gasteiger charge is 2.48. The van der Waals surface area contributed by atoms with E-state index in [1.54, 1.807) is 30.9 Å². The van der Waals surface area contributed by atoms with Crippen molar-refractivity contribution >= 4 is 23.5 Å². The SMILES string of the molecule is CC(C)[C@@H](NC(=O)COC1(CCc2cccc([C@@H]3[C@@H](CC[C@H](O)c4ccc(F)cc4)C(=O)N3c3ccc(F)cc3)c2)COC1)C(=O)O. The number of anilines is 1. The van der Waals surface area contributed by atoms with Crippen molar-refractivity contribution in [3.05, 3.63) is 101 Å². The van der Waals surface area contributed by atoms with Gasteiger partial charge in [-0.25, -0.2) is 13.6 Å². The fourth-order valence-corrected chi connectivity index (χ4v) is 6.17. The Morgan fingerprint density at radius 3 is 2.30 bits per heavy atom. The summed E-state index contributed by atoms with van der Waals surface area (Å²) in [6, 6.07) is 17.9. The molecule has 0 aromatic heterocycles. The van der Waals surface area contributed by atoms with Gasteiger partial charge < -0.3 is 29.9 Å². The molecule has 3 aromatic rings. The summed E-state index contributed by atoms with van der Waals surface area (Å²) in [6.07, 6.45) is 0.967. The number of nitrogens with zero attached hydrogens (tertiary/aromatic N) is 1. The van der Waals surface area contributed by atoms with Crippen molar-refractivity contribution in [2.75, 3.05) is 24.7 Å². The van der Waals surface area contributed by atoms with Gasteiger partial charge in [0.15, 0.2) is 0 Å². The van der Waals surface area contributed by atoms with Gasteiger partial charge in [-0.05, 0) is 84.7 Å². The van der Waals surface area contributed by atoms with Crippen LogP contribution in [0.3, 0.4) is 0 Å². The van der Waals surface area contributed by atoms with Crippen molar-refractivity contribution in [3.8, 4) is 0 Å². The molecule has 3 aromatic carbocycles. The summed E-state index contributed by atoms with van der Waals surface area (Å²) in [5.41, 5.74) is 2.33. The van der Waals surface area contributed by atoms with Crippen LogP contribution >= 0.6 is 0 Å². The number of carbonyl (C=O) groups is 3.